The number of methoxy groups -OCH3 is 2. The maximum absolute atomic E-state index is 12.9. The molecule has 8 heteroatoms. The SMILES string of the molecule is COc1cc(OC)cc(C2(C)OC(NC(C)=O)=C(OC(C)=O)C2=O)c1. The first-order valence-corrected chi connectivity index (χ1v) is 7.39. The Morgan fingerprint density at radius 1 is 1.08 bits per heavy atom. The Hall–Kier alpha value is -3.03. The summed E-state index contributed by atoms with van der Waals surface area (Å²) >= 11 is 0. The highest BCUT2D eigenvalue weighted by Crippen LogP contribution is 2.41. The van der Waals surface area contributed by atoms with Crippen molar-refractivity contribution in [2.24, 2.45) is 0 Å². The van der Waals surface area contributed by atoms with E-state index in [9.17, 15) is 14.4 Å². The molecule has 1 N–H and O–H groups in total. The summed E-state index contributed by atoms with van der Waals surface area (Å²) in [7, 11) is 2.95. The molecule has 1 aromatic rings. The summed E-state index contributed by atoms with van der Waals surface area (Å²) in [6, 6.07) is 4.84. The van der Waals surface area contributed by atoms with Gasteiger partial charge in [0.1, 0.15) is 11.5 Å². The minimum Gasteiger partial charge on any atom is -0.497 e. The number of ketones is 1. The molecule has 0 spiro atoms. The van der Waals surface area contributed by atoms with Gasteiger partial charge in [-0.3, -0.25) is 19.7 Å². The quantitative estimate of drug-likeness (QED) is 0.802. The number of hydrogen-bond acceptors (Lipinski definition) is 7. The lowest BCUT2D eigenvalue weighted by atomic mass is 9.91. The van der Waals surface area contributed by atoms with Crippen molar-refractivity contribution in [2.75, 3.05) is 14.2 Å². The molecule has 0 aliphatic carbocycles. The van der Waals surface area contributed by atoms with E-state index in [-0.39, 0.29) is 11.6 Å². The topological polar surface area (TPSA) is 100 Å². The van der Waals surface area contributed by atoms with Crippen molar-refractivity contribution < 1.29 is 33.3 Å². The van der Waals surface area contributed by atoms with Crippen LogP contribution < -0.4 is 14.8 Å². The number of hydrogen-bond donors (Lipinski definition) is 1. The lowest BCUT2D eigenvalue weighted by molar-refractivity contribution is -0.142. The van der Waals surface area contributed by atoms with E-state index >= 15 is 0 Å². The third kappa shape index (κ3) is 3.57. The van der Waals surface area contributed by atoms with Crippen molar-refractivity contribution in [3.05, 3.63) is 35.4 Å². The standard InChI is InChI=1S/C17H19NO7/c1-9(19)18-16-14(24-10(2)20)15(21)17(3,25-16)11-6-12(22-4)8-13(7-11)23-5/h6-8H,1-5H3,(H,18,19). The van der Waals surface area contributed by atoms with E-state index in [1.54, 1.807) is 18.2 Å². The van der Waals surface area contributed by atoms with E-state index in [0.717, 1.165) is 6.92 Å². The maximum Gasteiger partial charge on any atom is 0.308 e. The Bertz CT molecular complexity index is 746. The second-order valence-electron chi connectivity index (χ2n) is 5.50. The minimum atomic E-state index is -1.52. The molecule has 134 valence electrons. The third-order valence-corrected chi connectivity index (χ3v) is 3.59. The number of ether oxygens (including phenoxy) is 4. The van der Waals surface area contributed by atoms with Crippen LogP contribution in [-0.2, 0) is 29.5 Å². The second-order valence-corrected chi connectivity index (χ2v) is 5.50. The summed E-state index contributed by atoms with van der Waals surface area (Å²) in [6.07, 6.45) is 0. The highest BCUT2D eigenvalue weighted by atomic mass is 16.6. The molecule has 0 fully saturated rings. The number of Topliss-reactive ketones (excluding diaryl/α,β-unsaturated/α-hetero) is 1. The zero-order valence-corrected chi connectivity index (χ0v) is 14.6. The molecule has 0 saturated carbocycles. The van der Waals surface area contributed by atoms with Gasteiger partial charge in [0.25, 0.3) is 5.78 Å². The van der Waals surface area contributed by atoms with Gasteiger partial charge in [-0.2, -0.15) is 0 Å². The normalized spacial score (nSPS) is 19.3. The van der Waals surface area contributed by atoms with Gasteiger partial charge in [-0.25, -0.2) is 0 Å². The predicted octanol–water partition coefficient (Wildman–Crippen LogP) is 1.39. The van der Waals surface area contributed by atoms with Crippen molar-refractivity contribution >= 4 is 17.7 Å². The molecule has 25 heavy (non-hydrogen) atoms. The molecule has 1 amide bonds. The van der Waals surface area contributed by atoms with Crippen molar-refractivity contribution in [3.63, 3.8) is 0 Å². The van der Waals surface area contributed by atoms with Gasteiger partial charge in [-0.1, -0.05) is 0 Å². The number of carbonyl (C=O) groups excluding carboxylic acids is 3. The molecule has 2 rings (SSSR count). The Morgan fingerprint density at radius 2 is 1.64 bits per heavy atom. The molecule has 1 atom stereocenters. The van der Waals surface area contributed by atoms with Gasteiger partial charge in [-0.15, -0.1) is 0 Å². The molecule has 1 aliphatic heterocycles. The number of amides is 1. The maximum atomic E-state index is 12.9. The Labute approximate surface area is 144 Å². The van der Waals surface area contributed by atoms with Gasteiger partial charge in [0.05, 0.1) is 14.2 Å². The van der Waals surface area contributed by atoms with Crippen LogP contribution in [0.2, 0.25) is 0 Å². The summed E-state index contributed by atoms with van der Waals surface area (Å²) in [5, 5.41) is 2.37. The van der Waals surface area contributed by atoms with E-state index in [1.807, 2.05) is 0 Å². The molecule has 1 aromatic carbocycles. The molecular weight excluding hydrogens is 330 g/mol. The lowest BCUT2D eigenvalue weighted by Gasteiger charge is -2.24. The largest absolute Gasteiger partial charge is 0.497 e. The molecule has 0 saturated heterocycles. The lowest BCUT2D eigenvalue weighted by Crippen LogP contribution is -2.32. The third-order valence-electron chi connectivity index (χ3n) is 3.59. The van der Waals surface area contributed by atoms with Crippen LogP contribution >= 0.6 is 0 Å². The molecule has 0 aromatic heterocycles. The zero-order chi connectivity index (χ0) is 18.8. The van der Waals surface area contributed by atoms with Crippen LogP contribution in [0.5, 0.6) is 11.5 Å². The number of carbonyl (C=O) groups is 3. The summed E-state index contributed by atoms with van der Waals surface area (Å²) in [5.41, 5.74) is -1.11. The molecule has 1 heterocycles. The summed E-state index contributed by atoms with van der Waals surface area (Å²) in [6.45, 7) is 3.90. The highest BCUT2D eigenvalue weighted by Gasteiger charge is 2.50. The van der Waals surface area contributed by atoms with Crippen molar-refractivity contribution in [1.29, 1.82) is 0 Å². The monoisotopic (exact) mass is 349 g/mol. The van der Waals surface area contributed by atoms with E-state index in [2.05, 4.69) is 5.32 Å². The average Bonchev–Trinajstić information content (AvgIpc) is 2.78. The van der Waals surface area contributed by atoms with E-state index in [4.69, 9.17) is 18.9 Å². The first-order chi connectivity index (χ1) is 11.7. The summed E-state index contributed by atoms with van der Waals surface area (Å²) < 4.78 is 21.0. The smallest absolute Gasteiger partial charge is 0.308 e. The molecule has 1 unspecified atom stereocenters. The number of benzene rings is 1. The molecule has 8 nitrogen and oxygen atoms in total. The fraction of sp³-hybridized carbons (Fsp3) is 0.353. The summed E-state index contributed by atoms with van der Waals surface area (Å²) in [4.78, 5) is 35.5. The van der Waals surface area contributed by atoms with Crippen molar-refractivity contribution in [1.82, 2.24) is 5.32 Å². The van der Waals surface area contributed by atoms with Crippen LogP contribution in [0.1, 0.15) is 26.3 Å². The van der Waals surface area contributed by atoms with Gasteiger partial charge >= 0.3 is 5.97 Å². The number of nitrogens with one attached hydrogen (secondary N) is 1. The number of esters is 1. The Kier molecular flexibility index (Phi) is 5.01. The van der Waals surface area contributed by atoms with Crippen molar-refractivity contribution in [2.45, 2.75) is 26.4 Å². The minimum absolute atomic E-state index is 0.211. The van der Waals surface area contributed by atoms with Crippen LogP contribution in [0.15, 0.2) is 29.8 Å². The first-order valence-electron chi connectivity index (χ1n) is 7.39. The van der Waals surface area contributed by atoms with Gasteiger partial charge in [0.15, 0.2) is 5.60 Å². The second kappa shape index (κ2) is 6.84. The number of rotatable bonds is 5. The first kappa shape index (κ1) is 18.3. The van der Waals surface area contributed by atoms with Crippen molar-refractivity contribution in [3.8, 4) is 11.5 Å². The van der Waals surface area contributed by atoms with Gasteiger partial charge in [0, 0.05) is 25.5 Å². The zero-order valence-electron chi connectivity index (χ0n) is 14.6. The predicted molar refractivity (Wildman–Crippen MR) is 85.6 cm³/mol. The summed E-state index contributed by atoms with van der Waals surface area (Å²) in [5.74, 6) is -1.45. The molecule has 0 radical (unpaired) electrons. The fourth-order valence-corrected chi connectivity index (χ4v) is 2.37. The van der Waals surface area contributed by atoms with Crippen LogP contribution in [0.3, 0.4) is 0 Å². The fourth-order valence-electron chi connectivity index (χ4n) is 2.37. The van der Waals surface area contributed by atoms with Gasteiger partial charge in [-0.05, 0) is 19.1 Å². The molecular formula is C17H19NO7. The molecule has 0 bridgehead atoms. The van der Waals surface area contributed by atoms with E-state index in [0.29, 0.717) is 17.1 Å². The van der Waals surface area contributed by atoms with Crippen LogP contribution in [0, 0.1) is 0 Å². The van der Waals surface area contributed by atoms with Crippen LogP contribution in [0.25, 0.3) is 0 Å². The Morgan fingerprint density at radius 3 is 2.08 bits per heavy atom. The van der Waals surface area contributed by atoms with Gasteiger partial charge in [0.2, 0.25) is 17.5 Å². The van der Waals surface area contributed by atoms with Crippen LogP contribution in [-0.4, -0.2) is 31.9 Å². The Balaban J connectivity index is 2.51. The molecule has 1 aliphatic rings. The van der Waals surface area contributed by atoms with E-state index < -0.39 is 23.3 Å². The van der Waals surface area contributed by atoms with Crippen LogP contribution in [0.4, 0.5) is 0 Å². The van der Waals surface area contributed by atoms with Gasteiger partial charge < -0.3 is 18.9 Å². The highest BCUT2D eigenvalue weighted by molar-refractivity contribution is 6.04. The average molecular weight is 349 g/mol. The van der Waals surface area contributed by atoms with E-state index in [1.165, 1.54) is 28.1 Å².